The number of fused-ring (bicyclic) bond motifs is 1. The Bertz CT molecular complexity index is 915. The molecule has 0 amide bonds. The van der Waals surface area contributed by atoms with Gasteiger partial charge in [0.05, 0.1) is 24.8 Å². The average molecular weight is 451 g/mol. The molecule has 1 saturated heterocycles. The van der Waals surface area contributed by atoms with Gasteiger partial charge in [-0.1, -0.05) is 29.8 Å². The Hall–Kier alpha value is -1.87. The first-order chi connectivity index (χ1) is 14.9. The number of ether oxygens (including phenoxy) is 3. The lowest BCUT2D eigenvalue weighted by Gasteiger charge is -2.40. The standard InChI is InChI=1S/C23H27ClO7/c1-2-29-14-5-3-12(4-6-14)9-13-10-16(15-7-8-30-22(15)18(13)24)23-21(28)20(27)19(26)17(11-25)31-23/h3-6,10,17,19-21,23,25-28H,2,7-9,11H2,1H3/t17-,19-,20+,21-,23+/m1/s1. The zero-order chi connectivity index (χ0) is 22.1. The summed E-state index contributed by atoms with van der Waals surface area (Å²) < 4.78 is 17.1. The van der Waals surface area contributed by atoms with Crippen molar-refractivity contribution in [3.63, 3.8) is 0 Å². The van der Waals surface area contributed by atoms with Gasteiger partial charge in [-0.15, -0.1) is 0 Å². The molecule has 1 fully saturated rings. The lowest BCUT2D eigenvalue weighted by Crippen LogP contribution is -2.55. The highest BCUT2D eigenvalue weighted by atomic mass is 35.5. The number of hydrogen-bond acceptors (Lipinski definition) is 7. The van der Waals surface area contributed by atoms with Crippen LogP contribution < -0.4 is 9.47 Å². The summed E-state index contributed by atoms with van der Waals surface area (Å²) in [5.74, 6) is 1.34. The average Bonchev–Trinajstić information content (AvgIpc) is 3.27. The van der Waals surface area contributed by atoms with Crippen LogP contribution in [0.25, 0.3) is 0 Å². The van der Waals surface area contributed by atoms with E-state index in [4.69, 9.17) is 25.8 Å². The molecule has 2 heterocycles. The monoisotopic (exact) mass is 450 g/mol. The Morgan fingerprint density at radius 3 is 2.52 bits per heavy atom. The quantitative estimate of drug-likeness (QED) is 0.531. The molecule has 31 heavy (non-hydrogen) atoms. The molecule has 0 aliphatic carbocycles. The molecule has 0 spiro atoms. The van der Waals surface area contributed by atoms with Gasteiger partial charge in [-0.3, -0.25) is 0 Å². The summed E-state index contributed by atoms with van der Waals surface area (Å²) in [6.07, 6.45) is -5.01. The van der Waals surface area contributed by atoms with Crippen molar-refractivity contribution in [2.75, 3.05) is 19.8 Å². The molecular weight excluding hydrogens is 424 g/mol. The van der Waals surface area contributed by atoms with Crippen molar-refractivity contribution in [1.82, 2.24) is 0 Å². The molecule has 0 aromatic heterocycles. The van der Waals surface area contributed by atoms with Gasteiger partial charge in [0.1, 0.15) is 42.0 Å². The van der Waals surface area contributed by atoms with E-state index in [1.807, 2.05) is 37.3 Å². The van der Waals surface area contributed by atoms with Crippen LogP contribution in [0.2, 0.25) is 5.02 Å². The van der Waals surface area contributed by atoms with E-state index in [9.17, 15) is 20.4 Å². The summed E-state index contributed by atoms with van der Waals surface area (Å²) in [5.41, 5.74) is 3.26. The third kappa shape index (κ3) is 4.26. The second-order valence-corrected chi connectivity index (χ2v) is 8.23. The van der Waals surface area contributed by atoms with Crippen LogP contribution in [0.3, 0.4) is 0 Å². The molecule has 5 atom stereocenters. The predicted octanol–water partition coefficient (Wildman–Crippen LogP) is 1.78. The molecule has 2 aliphatic rings. The summed E-state index contributed by atoms with van der Waals surface area (Å²) >= 11 is 6.66. The van der Waals surface area contributed by atoms with Gasteiger partial charge in [0.15, 0.2) is 0 Å². The number of rotatable bonds is 6. The van der Waals surface area contributed by atoms with E-state index < -0.39 is 37.1 Å². The van der Waals surface area contributed by atoms with Crippen molar-refractivity contribution in [2.24, 2.45) is 0 Å². The van der Waals surface area contributed by atoms with E-state index in [1.54, 1.807) is 0 Å². The molecule has 8 heteroatoms. The van der Waals surface area contributed by atoms with E-state index in [1.165, 1.54) is 0 Å². The molecule has 0 saturated carbocycles. The van der Waals surface area contributed by atoms with Crippen LogP contribution in [0, 0.1) is 0 Å². The minimum absolute atomic E-state index is 0.450. The third-order valence-electron chi connectivity index (χ3n) is 5.86. The van der Waals surface area contributed by atoms with Gasteiger partial charge in [0.2, 0.25) is 0 Å². The van der Waals surface area contributed by atoms with Gasteiger partial charge < -0.3 is 34.6 Å². The number of benzene rings is 2. The fraction of sp³-hybridized carbons (Fsp3) is 0.478. The van der Waals surface area contributed by atoms with Gasteiger partial charge >= 0.3 is 0 Å². The zero-order valence-electron chi connectivity index (χ0n) is 17.2. The van der Waals surface area contributed by atoms with Crippen LogP contribution in [0.15, 0.2) is 30.3 Å². The molecular formula is C23H27ClO7. The Kier molecular flexibility index (Phi) is 6.71. The smallest absolute Gasteiger partial charge is 0.141 e. The topological polar surface area (TPSA) is 109 Å². The molecule has 0 bridgehead atoms. The highest BCUT2D eigenvalue weighted by Crippen LogP contribution is 2.44. The number of halogens is 1. The highest BCUT2D eigenvalue weighted by Gasteiger charge is 2.45. The Morgan fingerprint density at radius 1 is 1.10 bits per heavy atom. The maximum absolute atomic E-state index is 10.6. The first kappa shape index (κ1) is 22.3. The molecule has 4 N–H and O–H groups in total. The number of hydrogen-bond donors (Lipinski definition) is 4. The van der Waals surface area contributed by atoms with Gasteiger partial charge in [-0.25, -0.2) is 0 Å². The summed E-state index contributed by atoms with van der Waals surface area (Å²) in [5, 5.41) is 41.1. The molecule has 2 aromatic rings. The van der Waals surface area contributed by atoms with Crippen molar-refractivity contribution >= 4 is 11.6 Å². The van der Waals surface area contributed by atoms with Gasteiger partial charge in [0.25, 0.3) is 0 Å². The second kappa shape index (κ2) is 9.32. The fourth-order valence-corrected chi connectivity index (χ4v) is 4.53. The normalized spacial score (nSPS) is 27.6. The molecule has 7 nitrogen and oxygen atoms in total. The molecule has 4 rings (SSSR count). The van der Waals surface area contributed by atoms with Crippen molar-refractivity contribution in [1.29, 1.82) is 0 Å². The number of aliphatic hydroxyl groups is 4. The Balaban J connectivity index is 1.70. The molecule has 0 unspecified atom stereocenters. The number of aliphatic hydroxyl groups excluding tert-OH is 4. The summed E-state index contributed by atoms with van der Waals surface area (Å²) in [4.78, 5) is 0. The van der Waals surface area contributed by atoms with Gasteiger partial charge in [-0.05, 0) is 42.2 Å². The van der Waals surface area contributed by atoms with Crippen molar-refractivity contribution in [2.45, 2.75) is 50.3 Å². The largest absolute Gasteiger partial charge is 0.494 e. The zero-order valence-corrected chi connectivity index (χ0v) is 18.0. The van der Waals surface area contributed by atoms with Crippen molar-refractivity contribution in [3.8, 4) is 11.5 Å². The maximum Gasteiger partial charge on any atom is 0.141 e. The van der Waals surface area contributed by atoms with E-state index in [0.717, 1.165) is 22.4 Å². The van der Waals surface area contributed by atoms with Crippen LogP contribution in [-0.4, -0.2) is 64.7 Å². The van der Waals surface area contributed by atoms with Crippen LogP contribution in [-0.2, 0) is 17.6 Å². The van der Waals surface area contributed by atoms with Gasteiger partial charge in [-0.2, -0.15) is 0 Å². The highest BCUT2D eigenvalue weighted by molar-refractivity contribution is 6.33. The lowest BCUT2D eigenvalue weighted by atomic mass is 9.87. The SMILES string of the molecule is CCOc1ccc(Cc2cc([C@@H]3O[C@H](CO)[C@@H](O)[C@H](O)[C@H]3O)c3c(c2Cl)OCC3)cc1. The lowest BCUT2D eigenvalue weighted by molar-refractivity contribution is -0.231. The Labute approximate surface area is 185 Å². The van der Waals surface area contributed by atoms with E-state index in [-0.39, 0.29) is 0 Å². The summed E-state index contributed by atoms with van der Waals surface area (Å²) in [6.45, 7) is 2.49. The molecule has 2 aromatic carbocycles. The summed E-state index contributed by atoms with van der Waals surface area (Å²) in [6, 6.07) is 9.58. The first-order valence-electron chi connectivity index (χ1n) is 10.4. The van der Waals surface area contributed by atoms with Crippen LogP contribution in [0.4, 0.5) is 0 Å². The van der Waals surface area contributed by atoms with E-state index >= 15 is 0 Å². The first-order valence-corrected chi connectivity index (χ1v) is 10.8. The Morgan fingerprint density at radius 2 is 1.84 bits per heavy atom. The van der Waals surface area contributed by atoms with Crippen LogP contribution in [0.1, 0.15) is 35.3 Å². The van der Waals surface area contributed by atoms with Crippen molar-refractivity contribution in [3.05, 3.63) is 57.6 Å². The van der Waals surface area contributed by atoms with Crippen molar-refractivity contribution < 1.29 is 34.6 Å². The van der Waals surface area contributed by atoms with Crippen LogP contribution in [0.5, 0.6) is 11.5 Å². The molecule has 168 valence electrons. The summed E-state index contributed by atoms with van der Waals surface area (Å²) in [7, 11) is 0. The minimum Gasteiger partial charge on any atom is -0.494 e. The molecule has 2 aliphatic heterocycles. The maximum atomic E-state index is 10.6. The minimum atomic E-state index is -1.45. The second-order valence-electron chi connectivity index (χ2n) is 7.85. The van der Waals surface area contributed by atoms with E-state index in [0.29, 0.717) is 42.4 Å². The van der Waals surface area contributed by atoms with Crippen LogP contribution >= 0.6 is 11.6 Å². The van der Waals surface area contributed by atoms with Gasteiger partial charge in [0, 0.05) is 12.0 Å². The third-order valence-corrected chi connectivity index (χ3v) is 6.27. The van der Waals surface area contributed by atoms with E-state index in [2.05, 4.69) is 0 Å². The fourth-order valence-electron chi connectivity index (χ4n) is 4.24. The molecule has 0 radical (unpaired) electrons. The predicted molar refractivity (Wildman–Crippen MR) is 114 cm³/mol.